The molecule has 2 fully saturated rings. The number of carbonyl (C=O) groups excluding carboxylic acids is 1. The van der Waals surface area contributed by atoms with Crippen LogP contribution in [0, 0.1) is 5.92 Å². The number of nitrogens with zero attached hydrogens (tertiary/aromatic N) is 1. The Labute approximate surface area is 226 Å². The van der Waals surface area contributed by atoms with Crippen LogP contribution in [0.25, 0.3) is 0 Å². The van der Waals surface area contributed by atoms with Gasteiger partial charge >= 0.3 is 6.09 Å². The molecule has 1 aliphatic heterocycles. The Morgan fingerprint density at radius 1 is 1.00 bits per heavy atom. The van der Waals surface area contributed by atoms with E-state index in [9.17, 15) is 9.90 Å². The average Bonchev–Trinajstić information content (AvgIpc) is 2.94. The maximum Gasteiger partial charge on any atom is 0.410 e. The number of phenols is 1. The SMILES string of the molecule is O=C(OCc1ccccc1)N1CC[C@@]23CCCCC2[C@@H]1Cc1c3cc(OCc2ccccc2)c(O)c1Br. The number of carbonyl (C=O) groups is 1. The van der Waals surface area contributed by atoms with Crippen LogP contribution in [0.1, 0.15) is 54.4 Å². The molecule has 0 aromatic heterocycles. The molecule has 3 aromatic carbocycles. The molecule has 3 aliphatic rings. The quantitative estimate of drug-likeness (QED) is 0.360. The average molecular weight is 563 g/mol. The summed E-state index contributed by atoms with van der Waals surface area (Å²) in [4.78, 5) is 15.3. The smallest absolute Gasteiger partial charge is 0.410 e. The van der Waals surface area contributed by atoms with Crippen LogP contribution in [0.4, 0.5) is 4.79 Å². The van der Waals surface area contributed by atoms with Crippen LogP contribution < -0.4 is 4.74 Å². The summed E-state index contributed by atoms with van der Waals surface area (Å²) in [5.41, 5.74) is 4.44. The van der Waals surface area contributed by atoms with Crippen LogP contribution in [-0.2, 0) is 29.8 Å². The number of piperidine rings is 1. The van der Waals surface area contributed by atoms with Gasteiger partial charge in [-0.05, 0) is 75.9 Å². The third kappa shape index (κ3) is 4.39. The number of hydrogen-bond acceptors (Lipinski definition) is 4. The van der Waals surface area contributed by atoms with E-state index in [-0.39, 0.29) is 29.9 Å². The molecule has 1 N–H and O–H groups in total. The van der Waals surface area contributed by atoms with E-state index in [1.807, 2.05) is 65.6 Å². The lowest BCUT2D eigenvalue weighted by atomic mass is 9.52. The zero-order valence-electron chi connectivity index (χ0n) is 20.9. The number of aromatic hydroxyl groups is 1. The summed E-state index contributed by atoms with van der Waals surface area (Å²) in [5, 5.41) is 11.1. The van der Waals surface area contributed by atoms with Gasteiger partial charge in [-0.2, -0.15) is 0 Å². The maximum absolute atomic E-state index is 13.3. The highest BCUT2D eigenvalue weighted by atomic mass is 79.9. The molecule has 0 spiro atoms. The Morgan fingerprint density at radius 3 is 2.43 bits per heavy atom. The largest absolute Gasteiger partial charge is 0.503 e. The third-order valence-corrected chi connectivity index (χ3v) is 9.55. The monoisotopic (exact) mass is 561 g/mol. The molecule has 6 heteroatoms. The van der Waals surface area contributed by atoms with Gasteiger partial charge in [0.15, 0.2) is 11.5 Å². The highest BCUT2D eigenvalue weighted by molar-refractivity contribution is 9.10. The molecule has 1 saturated heterocycles. The van der Waals surface area contributed by atoms with E-state index in [1.165, 1.54) is 18.4 Å². The first-order valence-electron chi connectivity index (χ1n) is 13.3. The van der Waals surface area contributed by atoms with Gasteiger partial charge in [-0.15, -0.1) is 0 Å². The first-order chi connectivity index (χ1) is 18.1. The Balaban J connectivity index is 1.30. The Kier molecular flexibility index (Phi) is 6.62. The van der Waals surface area contributed by atoms with Crippen molar-refractivity contribution < 1.29 is 19.4 Å². The molecule has 5 nitrogen and oxygen atoms in total. The summed E-state index contributed by atoms with van der Waals surface area (Å²) in [7, 11) is 0. The molecule has 3 aromatic rings. The first-order valence-corrected chi connectivity index (χ1v) is 14.0. The predicted molar refractivity (Wildman–Crippen MR) is 146 cm³/mol. The summed E-state index contributed by atoms with van der Waals surface area (Å²) in [6, 6.07) is 22.0. The summed E-state index contributed by atoms with van der Waals surface area (Å²) in [6.45, 7) is 1.37. The van der Waals surface area contributed by atoms with Crippen molar-refractivity contribution in [3.05, 3.63) is 93.5 Å². The van der Waals surface area contributed by atoms with Crippen molar-refractivity contribution in [2.75, 3.05) is 6.54 Å². The van der Waals surface area contributed by atoms with Crippen molar-refractivity contribution in [3.63, 3.8) is 0 Å². The molecule has 2 aliphatic carbocycles. The number of halogens is 1. The normalized spacial score (nSPS) is 24.1. The Morgan fingerprint density at radius 2 is 1.70 bits per heavy atom. The summed E-state index contributed by atoms with van der Waals surface area (Å²) in [6.07, 6.45) is 5.93. The molecule has 1 saturated carbocycles. The van der Waals surface area contributed by atoms with Gasteiger partial charge in [-0.25, -0.2) is 4.79 Å². The Hall–Kier alpha value is -2.99. The predicted octanol–water partition coefficient (Wildman–Crippen LogP) is 7.13. The molecule has 1 heterocycles. The minimum absolute atomic E-state index is 0.00616. The molecule has 1 unspecified atom stereocenters. The molecule has 1 amide bonds. The van der Waals surface area contributed by atoms with Gasteiger partial charge in [0.1, 0.15) is 13.2 Å². The number of benzene rings is 3. The summed E-state index contributed by atoms with van der Waals surface area (Å²) < 4.78 is 12.6. The van der Waals surface area contributed by atoms with Crippen LogP contribution in [0.2, 0.25) is 0 Å². The van der Waals surface area contributed by atoms with Gasteiger partial charge in [0.05, 0.1) is 4.47 Å². The number of likely N-dealkylation sites (tertiary alicyclic amines) is 1. The molecular formula is C31H32BrNO4. The second-order valence-corrected chi connectivity index (χ2v) is 11.4. The number of amides is 1. The van der Waals surface area contributed by atoms with Gasteiger partial charge in [0, 0.05) is 18.0 Å². The van der Waals surface area contributed by atoms with E-state index in [0.29, 0.717) is 35.7 Å². The lowest BCUT2D eigenvalue weighted by molar-refractivity contribution is -0.0139. The number of rotatable bonds is 5. The minimum Gasteiger partial charge on any atom is -0.503 e. The standard InChI is InChI=1S/C31H32BrNO4/c32-28-23-17-26-24-13-7-8-14-31(24,15-16-33(26)30(35)37-20-22-11-5-2-6-12-22)25(23)18-27(29(28)34)36-19-21-9-3-1-4-10-21/h1-6,9-12,18,24,26,34H,7-8,13-17,19-20H2/t24?,26-,31-/m0/s1. The number of ether oxygens (including phenoxy) is 2. The molecule has 3 atom stereocenters. The molecule has 6 rings (SSSR count). The fourth-order valence-corrected chi connectivity index (χ4v) is 7.52. The summed E-state index contributed by atoms with van der Waals surface area (Å²) >= 11 is 3.72. The zero-order valence-corrected chi connectivity index (χ0v) is 22.5. The lowest BCUT2D eigenvalue weighted by Crippen LogP contribution is -2.62. The van der Waals surface area contributed by atoms with Crippen LogP contribution in [0.3, 0.4) is 0 Å². The zero-order chi connectivity index (χ0) is 25.4. The second-order valence-electron chi connectivity index (χ2n) is 10.6. The van der Waals surface area contributed by atoms with E-state index in [2.05, 4.69) is 22.0 Å². The Bertz CT molecular complexity index is 1280. The first kappa shape index (κ1) is 24.4. The topological polar surface area (TPSA) is 59.0 Å². The van der Waals surface area contributed by atoms with Crippen molar-refractivity contribution in [2.24, 2.45) is 5.92 Å². The van der Waals surface area contributed by atoms with E-state index >= 15 is 0 Å². The number of fused-ring (bicyclic) bond motifs is 1. The molecule has 192 valence electrons. The molecular weight excluding hydrogens is 530 g/mol. The maximum atomic E-state index is 13.3. The van der Waals surface area contributed by atoms with E-state index < -0.39 is 0 Å². The minimum atomic E-state index is -0.236. The third-order valence-electron chi connectivity index (χ3n) is 8.69. The number of phenolic OH excluding ortho intramolecular Hbond substituents is 1. The van der Waals surface area contributed by atoms with Gasteiger partial charge in [0.2, 0.25) is 0 Å². The fraction of sp³-hybridized carbons (Fsp3) is 0.387. The van der Waals surface area contributed by atoms with E-state index in [1.54, 1.807) is 0 Å². The van der Waals surface area contributed by atoms with Crippen molar-refractivity contribution in [3.8, 4) is 11.5 Å². The van der Waals surface area contributed by atoms with Gasteiger partial charge in [-0.3, -0.25) is 0 Å². The van der Waals surface area contributed by atoms with E-state index in [0.717, 1.165) is 36.0 Å². The van der Waals surface area contributed by atoms with Crippen molar-refractivity contribution >= 4 is 22.0 Å². The molecule has 2 bridgehead atoms. The van der Waals surface area contributed by atoms with Crippen LogP contribution in [0.5, 0.6) is 11.5 Å². The fourth-order valence-electron chi connectivity index (χ4n) is 6.95. The van der Waals surface area contributed by atoms with Crippen molar-refractivity contribution in [1.29, 1.82) is 0 Å². The van der Waals surface area contributed by atoms with Gasteiger partial charge < -0.3 is 19.5 Å². The van der Waals surface area contributed by atoms with Crippen molar-refractivity contribution in [1.82, 2.24) is 4.90 Å². The van der Waals surface area contributed by atoms with Gasteiger partial charge in [0.25, 0.3) is 0 Å². The molecule has 37 heavy (non-hydrogen) atoms. The molecule has 0 radical (unpaired) electrons. The highest BCUT2D eigenvalue weighted by Gasteiger charge is 2.55. The second kappa shape index (κ2) is 10.1. The number of hydrogen-bond donors (Lipinski definition) is 1. The van der Waals surface area contributed by atoms with Crippen LogP contribution in [0.15, 0.2) is 71.2 Å². The van der Waals surface area contributed by atoms with E-state index in [4.69, 9.17) is 9.47 Å². The van der Waals surface area contributed by atoms with Crippen molar-refractivity contribution in [2.45, 2.75) is 63.2 Å². The van der Waals surface area contributed by atoms with Crippen LogP contribution >= 0.6 is 15.9 Å². The van der Waals surface area contributed by atoms with Gasteiger partial charge in [-0.1, -0.05) is 73.5 Å². The lowest BCUT2D eigenvalue weighted by Gasteiger charge is -2.58. The summed E-state index contributed by atoms with van der Waals surface area (Å²) in [5.74, 6) is 1.04. The highest BCUT2D eigenvalue weighted by Crippen LogP contribution is 2.58. The van der Waals surface area contributed by atoms with Crippen LogP contribution in [-0.4, -0.2) is 28.7 Å².